The summed E-state index contributed by atoms with van der Waals surface area (Å²) in [6.07, 6.45) is 0.877. The fraction of sp³-hybridized carbons (Fsp3) is 0.692. The number of rotatable bonds is 6. The van der Waals surface area contributed by atoms with Crippen molar-refractivity contribution in [3.63, 3.8) is 0 Å². The van der Waals surface area contributed by atoms with Crippen LogP contribution in [0, 0.1) is 6.92 Å². The fourth-order valence-corrected chi connectivity index (χ4v) is 1.50. The molecule has 1 aromatic rings. The number of likely N-dealkylation sites (N-methyl/N-ethyl adjacent to an activating group) is 1. The van der Waals surface area contributed by atoms with E-state index in [9.17, 15) is 0 Å². The number of anilines is 1. The molecule has 1 heterocycles. The van der Waals surface area contributed by atoms with Crippen LogP contribution in [0.1, 0.15) is 32.3 Å². The summed E-state index contributed by atoms with van der Waals surface area (Å²) in [4.78, 5) is 11.1. The molecule has 4 heteroatoms. The van der Waals surface area contributed by atoms with Gasteiger partial charge in [0, 0.05) is 37.3 Å². The Labute approximate surface area is 104 Å². The summed E-state index contributed by atoms with van der Waals surface area (Å²) >= 11 is 0. The van der Waals surface area contributed by atoms with Crippen molar-refractivity contribution < 1.29 is 0 Å². The first-order valence-corrected chi connectivity index (χ1v) is 6.31. The zero-order chi connectivity index (χ0) is 12.8. The maximum atomic E-state index is 4.45. The molecule has 0 saturated heterocycles. The molecule has 0 fully saturated rings. The van der Waals surface area contributed by atoms with Crippen LogP contribution in [0.15, 0.2) is 6.07 Å². The Morgan fingerprint density at radius 1 is 1.35 bits per heavy atom. The second-order valence-corrected chi connectivity index (χ2v) is 4.67. The number of nitrogens with one attached hydrogen (secondary N) is 1. The number of hydrogen-bond donors (Lipinski definition) is 1. The zero-order valence-electron chi connectivity index (χ0n) is 11.6. The Balaban J connectivity index is 2.49. The molecule has 1 aromatic heterocycles. The Morgan fingerprint density at radius 3 is 2.65 bits per heavy atom. The SMILES string of the molecule is CCc1nc(C)cc(NCCN(C)C(C)C)n1. The molecule has 0 saturated carbocycles. The van der Waals surface area contributed by atoms with Crippen molar-refractivity contribution in [1.29, 1.82) is 0 Å². The quantitative estimate of drug-likeness (QED) is 0.821. The summed E-state index contributed by atoms with van der Waals surface area (Å²) in [6, 6.07) is 2.57. The van der Waals surface area contributed by atoms with E-state index in [2.05, 4.69) is 48.0 Å². The molecule has 96 valence electrons. The van der Waals surface area contributed by atoms with Crippen molar-refractivity contribution in [3.05, 3.63) is 17.6 Å². The summed E-state index contributed by atoms with van der Waals surface area (Å²) in [6.45, 7) is 10.4. The molecule has 0 aliphatic heterocycles. The average Bonchev–Trinajstić information content (AvgIpc) is 2.27. The van der Waals surface area contributed by atoms with Crippen LogP contribution in [-0.4, -0.2) is 41.0 Å². The highest BCUT2D eigenvalue weighted by atomic mass is 15.1. The van der Waals surface area contributed by atoms with E-state index < -0.39 is 0 Å². The molecular formula is C13H24N4. The van der Waals surface area contributed by atoms with Gasteiger partial charge < -0.3 is 10.2 Å². The first-order valence-electron chi connectivity index (χ1n) is 6.31. The first-order chi connectivity index (χ1) is 8.02. The van der Waals surface area contributed by atoms with Gasteiger partial charge >= 0.3 is 0 Å². The molecule has 0 amide bonds. The van der Waals surface area contributed by atoms with E-state index in [1.165, 1.54) is 0 Å². The zero-order valence-corrected chi connectivity index (χ0v) is 11.6. The van der Waals surface area contributed by atoms with E-state index in [-0.39, 0.29) is 0 Å². The summed E-state index contributed by atoms with van der Waals surface area (Å²) in [7, 11) is 2.13. The molecular weight excluding hydrogens is 212 g/mol. The van der Waals surface area contributed by atoms with Gasteiger partial charge in [-0.2, -0.15) is 0 Å². The lowest BCUT2D eigenvalue weighted by Gasteiger charge is -2.21. The lowest BCUT2D eigenvalue weighted by atomic mass is 10.3. The molecule has 0 atom stereocenters. The molecule has 0 spiro atoms. The molecule has 0 aromatic carbocycles. The molecule has 0 unspecified atom stereocenters. The largest absolute Gasteiger partial charge is 0.369 e. The third kappa shape index (κ3) is 4.69. The maximum absolute atomic E-state index is 4.45. The topological polar surface area (TPSA) is 41.1 Å². The molecule has 4 nitrogen and oxygen atoms in total. The van der Waals surface area contributed by atoms with E-state index >= 15 is 0 Å². The molecule has 1 N–H and O–H groups in total. The van der Waals surface area contributed by atoms with Crippen molar-refractivity contribution >= 4 is 5.82 Å². The van der Waals surface area contributed by atoms with E-state index in [0.29, 0.717) is 6.04 Å². The highest BCUT2D eigenvalue weighted by Gasteiger charge is 2.03. The summed E-state index contributed by atoms with van der Waals surface area (Å²) < 4.78 is 0. The van der Waals surface area contributed by atoms with E-state index in [1.807, 2.05) is 13.0 Å². The number of aromatic nitrogens is 2. The van der Waals surface area contributed by atoms with E-state index in [1.54, 1.807) is 0 Å². The van der Waals surface area contributed by atoms with Crippen molar-refractivity contribution in [2.75, 3.05) is 25.5 Å². The highest BCUT2D eigenvalue weighted by Crippen LogP contribution is 2.06. The van der Waals surface area contributed by atoms with Gasteiger partial charge in [0.2, 0.25) is 0 Å². The van der Waals surface area contributed by atoms with Gasteiger partial charge in [-0.1, -0.05) is 6.92 Å². The van der Waals surface area contributed by atoms with Crippen LogP contribution in [0.2, 0.25) is 0 Å². The van der Waals surface area contributed by atoms with Crippen LogP contribution in [-0.2, 0) is 6.42 Å². The maximum Gasteiger partial charge on any atom is 0.130 e. The van der Waals surface area contributed by atoms with Crippen LogP contribution in [0.4, 0.5) is 5.82 Å². The van der Waals surface area contributed by atoms with Crippen LogP contribution in [0.5, 0.6) is 0 Å². The predicted octanol–water partition coefficient (Wildman–Crippen LogP) is 2.10. The molecule has 0 bridgehead atoms. The average molecular weight is 236 g/mol. The second kappa shape index (κ2) is 6.55. The smallest absolute Gasteiger partial charge is 0.130 e. The van der Waals surface area contributed by atoms with Gasteiger partial charge in [0.1, 0.15) is 11.6 Å². The number of hydrogen-bond acceptors (Lipinski definition) is 4. The van der Waals surface area contributed by atoms with Gasteiger partial charge in [-0.3, -0.25) is 0 Å². The van der Waals surface area contributed by atoms with Crippen LogP contribution >= 0.6 is 0 Å². The minimum atomic E-state index is 0.579. The molecule has 0 radical (unpaired) electrons. The third-order valence-electron chi connectivity index (χ3n) is 2.87. The second-order valence-electron chi connectivity index (χ2n) is 4.67. The Bertz CT molecular complexity index is 349. The highest BCUT2D eigenvalue weighted by molar-refractivity contribution is 5.35. The lowest BCUT2D eigenvalue weighted by molar-refractivity contribution is 0.284. The first kappa shape index (κ1) is 13.9. The van der Waals surface area contributed by atoms with E-state index in [4.69, 9.17) is 0 Å². The monoisotopic (exact) mass is 236 g/mol. The van der Waals surface area contributed by atoms with Crippen LogP contribution < -0.4 is 5.32 Å². The summed E-state index contributed by atoms with van der Waals surface area (Å²) in [5, 5.41) is 3.35. The normalized spacial score (nSPS) is 11.2. The van der Waals surface area contributed by atoms with Gasteiger partial charge in [-0.05, 0) is 27.8 Å². The van der Waals surface area contributed by atoms with Gasteiger partial charge in [0.05, 0.1) is 0 Å². The van der Waals surface area contributed by atoms with Crippen LogP contribution in [0.3, 0.4) is 0 Å². The Hall–Kier alpha value is -1.16. The summed E-state index contributed by atoms with van der Waals surface area (Å²) in [5.41, 5.74) is 1.02. The van der Waals surface area contributed by atoms with Crippen molar-refractivity contribution in [2.24, 2.45) is 0 Å². The number of aryl methyl sites for hydroxylation is 2. The molecule has 17 heavy (non-hydrogen) atoms. The molecule has 1 rings (SSSR count). The van der Waals surface area contributed by atoms with Gasteiger partial charge in [0.15, 0.2) is 0 Å². The van der Waals surface area contributed by atoms with Crippen molar-refractivity contribution in [3.8, 4) is 0 Å². The lowest BCUT2D eigenvalue weighted by Crippen LogP contribution is -2.31. The number of nitrogens with zero attached hydrogens (tertiary/aromatic N) is 3. The minimum absolute atomic E-state index is 0.579. The predicted molar refractivity (Wildman–Crippen MR) is 72.4 cm³/mol. The van der Waals surface area contributed by atoms with Gasteiger partial charge in [-0.15, -0.1) is 0 Å². The van der Waals surface area contributed by atoms with Gasteiger partial charge in [-0.25, -0.2) is 9.97 Å². The Morgan fingerprint density at radius 2 is 2.06 bits per heavy atom. The van der Waals surface area contributed by atoms with Crippen LogP contribution in [0.25, 0.3) is 0 Å². The van der Waals surface area contributed by atoms with E-state index in [0.717, 1.165) is 36.8 Å². The van der Waals surface area contributed by atoms with Crippen molar-refractivity contribution in [2.45, 2.75) is 40.2 Å². The minimum Gasteiger partial charge on any atom is -0.369 e. The van der Waals surface area contributed by atoms with Gasteiger partial charge in [0.25, 0.3) is 0 Å². The fourth-order valence-electron chi connectivity index (χ4n) is 1.50. The Kier molecular flexibility index (Phi) is 5.35. The molecule has 0 aliphatic rings. The summed E-state index contributed by atoms with van der Waals surface area (Å²) in [5.74, 6) is 1.84. The van der Waals surface area contributed by atoms with Crippen molar-refractivity contribution in [1.82, 2.24) is 14.9 Å². The third-order valence-corrected chi connectivity index (χ3v) is 2.87. The standard InChI is InChI=1S/C13H24N4/c1-6-12-15-11(4)9-13(16-12)14-7-8-17(5)10(2)3/h9-10H,6-8H2,1-5H3,(H,14,15,16). The molecule has 0 aliphatic carbocycles.